The fourth-order valence-electron chi connectivity index (χ4n) is 0.953. The Morgan fingerprint density at radius 3 is 2.88 bits per heavy atom. The third kappa shape index (κ3) is 3.99. The lowest BCUT2D eigenvalue weighted by molar-refractivity contribution is 0.0585. The second kappa shape index (κ2) is 5.58. The van der Waals surface area contributed by atoms with E-state index in [4.69, 9.17) is 10.5 Å². The van der Waals surface area contributed by atoms with E-state index in [1.807, 2.05) is 13.8 Å². The Bertz CT molecular complexity index is 393. The summed E-state index contributed by atoms with van der Waals surface area (Å²) in [5, 5.41) is 0. The molecule has 0 fully saturated rings. The maximum atomic E-state index is 11.2. The number of rotatable bonds is 5. The predicted octanol–water partition coefficient (Wildman–Crippen LogP) is 0.769. The average Bonchev–Trinajstić information content (AvgIpc) is 2.36. The van der Waals surface area contributed by atoms with E-state index in [9.17, 15) is 4.79 Å². The smallest absolute Gasteiger partial charge is 0.376 e. The van der Waals surface area contributed by atoms with Gasteiger partial charge in [-0.25, -0.2) is 9.78 Å². The molecule has 0 saturated carbocycles. The molecule has 1 aromatic rings. The molecule has 6 heteroatoms. The van der Waals surface area contributed by atoms with Crippen LogP contribution in [0.4, 0.5) is 0 Å². The van der Waals surface area contributed by atoms with Crippen molar-refractivity contribution < 1.29 is 14.3 Å². The van der Waals surface area contributed by atoms with Crippen LogP contribution in [0, 0.1) is 0 Å². The minimum absolute atomic E-state index is 0.0276. The van der Waals surface area contributed by atoms with Gasteiger partial charge in [-0.1, -0.05) is 6.92 Å². The molecular weight excluding hydrogens is 222 g/mol. The first kappa shape index (κ1) is 13.4. The standard InChI is InChI=1S/C11H17N3O3/c1-4-11(2,12)7-17-8-5-6-13-9(14-8)10(15)16-3/h5-6H,4,7,12H2,1-3H3. The highest BCUT2D eigenvalue weighted by molar-refractivity contribution is 5.84. The van der Waals surface area contributed by atoms with E-state index in [1.54, 1.807) is 6.07 Å². The minimum atomic E-state index is -0.596. The van der Waals surface area contributed by atoms with Crippen molar-refractivity contribution in [1.82, 2.24) is 9.97 Å². The Morgan fingerprint density at radius 1 is 1.59 bits per heavy atom. The molecule has 0 saturated heterocycles. The molecule has 17 heavy (non-hydrogen) atoms. The molecule has 1 heterocycles. The number of ether oxygens (including phenoxy) is 2. The maximum absolute atomic E-state index is 11.2. The molecule has 0 radical (unpaired) electrons. The van der Waals surface area contributed by atoms with Gasteiger partial charge in [0, 0.05) is 17.8 Å². The number of nitrogens with two attached hydrogens (primary N) is 1. The number of esters is 1. The SMILES string of the molecule is CCC(C)(N)COc1ccnc(C(=O)OC)n1. The number of methoxy groups -OCH3 is 1. The van der Waals surface area contributed by atoms with Gasteiger partial charge in [-0.15, -0.1) is 0 Å². The van der Waals surface area contributed by atoms with Crippen LogP contribution < -0.4 is 10.5 Å². The van der Waals surface area contributed by atoms with E-state index < -0.39 is 11.5 Å². The van der Waals surface area contributed by atoms with Gasteiger partial charge in [0.25, 0.3) is 0 Å². The van der Waals surface area contributed by atoms with Crippen molar-refractivity contribution in [3.63, 3.8) is 0 Å². The van der Waals surface area contributed by atoms with Crippen LogP contribution in [0.2, 0.25) is 0 Å². The molecular formula is C11H17N3O3. The van der Waals surface area contributed by atoms with E-state index in [0.717, 1.165) is 6.42 Å². The summed E-state index contributed by atoms with van der Waals surface area (Å²) >= 11 is 0. The summed E-state index contributed by atoms with van der Waals surface area (Å²) in [5.74, 6) is -0.313. The second-order valence-electron chi connectivity index (χ2n) is 4.01. The molecule has 1 rings (SSSR count). The number of hydrogen-bond donors (Lipinski definition) is 1. The van der Waals surface area contributed by atoms with E-state index in [1.165, 1.54) is 13.3 Å². The normalized spacial score (nSPS) is 13.9. The molecule has 94 valence electrons. The predicted molar refractivity (Wildman–Crippen MR) is 61.7 cm³/mol. The van der Waals surface area contributed by atoms with Crippen LogP contribution in [-0.2, 0) is 4.74 Å². The first-order valence-corrected chi connectivity index (χ1v) is 5.31. The van der Waals surface area contributed by atoms with Crippen molar-refractivity contribution in [3.05, 3.63) is 18.1 Å². The van der Waals surface area contributed by atoms with Crippen LogP contribution in [0.1, 0.15) is 30.9 Å². The monoisotopic (exact) mass is 239 g/mol. The number of nitrogens with zero attached hydrogens (tertiary/aromatic N) is 2. The van der Waals surface area contributed by atoms with Crippen molar-refractivity contribution in [2.45, 2.75) is 25.8 Å². The number of carbonyl (C=O) groups is 1. The van der Waals surface area contributed by atoms with Gasteiger partial charge in [0.05, 0.1) is 7.11 Å². The van der Waals surface area contributed by atoms with Gasteiger partial charge in [0.1, 0.15) is 6.61 Å². The van der Waals surface area contributed by atoms with Crippen molar-refractivity contribution in [2.75, 3.05) is 13.7 Å². The van der Waals surface area contributed by atoms with Crippen molar-refractivity contribution >= 4 is 5.97 Å². The summed E-state index contributed by atoms with van der Waals surface area (Å²) in [6.07, 6.45) is 2.22. The van der Waals surface area contributed by atoms with Crippen LogP contribution in [0.3, 0.4) is 0 Å². The Morgan fingerprint density at radius 2 is 2.29 bits per heavy atom. The first-order chi connectivity index (χ1) is 7.98. The summed E-state index contributed by atoms with van der Waals surface area (Å²) in [6.45, 7) is 4.18. The highest BCUT2D eigenvalue weighted by Crippen LogP contribution is 2.10. The molecule has 6 nitrogen and oxygen atoms in total. The summed E-state index contributed by atoms with van der Waals surface area (Å²) < 4.78 is 9.93. The van der Waals surface area contributed by atoms with Crippen molar-refractivity contribution in [3.8, 4) is 5.88 Å². The molecule has 0 aliphatic rings. The zero-order chi connectivity index (χ0) is 12.9. The quantitative estimate of drug-likeness (QED) is 0.763. The van der Waals surface area contributed by atoms with E-state index in [2.05, 4.69) is 14.7 Å². The van der Waals surface area contributed by atoms with E-state index in [-0.39, 0.29) is 5.82 Å². The topological polar surface area (TPSA) is 87.3 Å². The summed E-state index contributed by atoms with van der Waals surface area (Å²) in [6, 6.07) is 1.57. The summed E-state index contributed by atoms with van der Waals surface area (Å²) in [7, 11) is 1.27. The molecule has 1 atom stereocenters. The molecule has 2 N–H and O–H groups in total. The van der Waals surface area contributed by atoms with Gasteiger partial charge in [0.15, 0.2) is 0 Å². The minimum Gasteiger partial charge on any atom is -0.476 e. The first-order valence-electron chi connectivity index (χ1n) is 5.31. The maximum Gasteiger partial charge on any atom is 0.376 e. The van der Waals surface area contributed by atoms with Gasteiger partial charge in [-0.3, -0.25) is 0 Å². The molecule has 1 aromatic heterocycles. The van der Waals surface area contributed by atoms with Crippen molar-refractivity contribution in [2.24, 2.45) is 5.73 Å². The van der Waals surface area contributed by atoms with E-state index >= 15 is 0 Å². The third-order valence-corrected chi connectivity index (χ3v) is 2.36. The highest BCUT2D eigenvalue weighted by Gasteiger charge is 2.17. The van der Waals surface area contributed by atoms with Gasteiger partial charge >= 0.3 is 5.97 Å². The van der Waals surface area contributed by atoms with Gasteiger partial charge < -0.3 is 15.2 Å². The summed E-state index contributed by atoms with van der Waals surface area (Å²) in [5.41, 5.74) is 5.51. The molecule has 0 amide bonds. The molecule has 0 bridgehead atoms. The molecule has 0 aromatic carbocycles. The molecule has 1 unspecified atom stereocenters. The Balaban J connectivity index is 2.70. The van der Waals surface area contributed by atoms with E-state index in [0.29, 0.717) is 12.5 Å². The molecule has 0 aliphatic carbocycles. The number of aromatic nitrogens is 2. The fourth-order valence-corrected chi connectivity index (χ4v) is 0.953. The lowest BCUT2D eigenvalue weighted by atomic mass is 10.0. The lowest BCUT2D eigenvalue weighted by Gasteiger charge is -2.22. The zero-order valence-corrected chi connectivity index (χ0v) is 10.3. The van der Waals surface area contributed by atoms with Gasteiger partial charge in [-0.05, 0) is 13.3 Å². The molecule has 0 aliphatic heterocycles. The Labute approximate surface area is 100 Å². The second-order valence-corrected chi connectivity index (χ2v) is 4.01. The van der Waals surface area contributed by atoms with Crippen LogP contribution in [-0.4, -0.2) is 35.2 Å². The third-order valence-electron chi connectivity index (χ3n) is 2.36. The molecule has 0 spiro atoms. The summed E-state index contributed by atoms with van der Waals surface area (Å²) in [4.78, 5) is 18.9. The largest absolute Gasteiger partial charge is 0.476 e. The average molecular weight is 239 g/mol. The number of hydrogen-bond acceptors (Lipinski definition) is 6. The Hall–Kier alpha value is -1.69. The van der Waals surface area contributed by atoms with Crippen LogP contribution in [0.5, 0.6) is 5.88 Å². The Kier molecular flexibility index (Phi) is 4.39. The van der Waals surface area contributed by atoms with Gasteiger partial charge in [-0.2, -0.15) is 4.98 Å². The van der Waals surface area contributed by atoms with Crippen LogP contribution in [0.15, 0.2) is 12.3 Å². The van der Waals surface area contributed by atoms with Crippen LogP contribution >= 0.6 is 0 Å². The fraction of sp³-hybridized carbons (Fsp3) is 0.545. The zero-order valence-electron chi connectivity index (χ0n) is 10.3. The number of carbonyl (C=O) groups excluding carboxylic acids is 1. The van der Waals surface area contributed by atoms with Crippen LogP contribution in [0.25, 0.3) is 0 Å². The lowest BCUT2D eigenvalue weighted by Crippen LogP contribution is -2.41. The highest BCUT2D eigenvalue weighted by atomic mass is 16.5. The van der Waals surface area contributed by atoms with Gasteiger partial charge in [0.2, 0.25) is 11.7 Å². The van der Waals surface area contributed by atoms with Crippen molar-refractivity contribution in [1.29, 1.82) is 0 Å².